The van der Waals surface area contributed by atoms with Crippen LogP contribution in [0.3, 0.4) is 0 Å². The standard InChI is InChI=1S/C16H30/c1-6-9-15(4)12-8-13-16(5)11-7-10-14(2)3/h7-8,11-12,14-16H,6,9-10,13H2,1-5H3/b11-7+,12-8+. The van der Waals surface area contributed by atoms with Gasteiger partial charge in [0.25, 0.3) is 0 Å². The monoisotopic (exact) mass is 222 g/mol. The summed E-state index contributed by atoms with van der Waals surface area (Å²) in [6.45, 7) is 11.4. The van der Waals surface area contributed by atoms with E-state index in [9.17, 15) is 0 Å². The molecule has 0 aliphatic heterocycles. The quantitative estimate of drug-likeness (QED) is 0.468. The van der Waals surface area contributed by atoms with Crippen molar-refractivity contribution in [3.8, 4) is 0 Å². The zero-order valence-corrected chi connectivity index (χ0v) is 11.9. The van der Waals surface area contributed by atoms with Gasteiger partial charge in [-0.3, -0.25) is 0 Å². The predicted octanol–water partition coefficient (Wildman–Crippen LogP) is 5.61. The molecule has 94 valence electrons. The maximum absolute atomic E-state index is 2.37. The molecule has 0 spiro atoms. The molecule has 0 rings (SSSR count). The number of allylic oxidation sites excluding steroid dienone is 4. The normalized spacial score (nSPS) is 16.4. The summed E-state index contributed by atoms with van der Waals surface area (Å²) in [4.78, 5) is 0. The van der Waals surface area contributed by atoms with E-state index in [-0.39, 0.29) is 0 Å². The van der Waals surface area contributed by atoms with Crippen LogP contribution < -0.4 is 0 Å². The van der Waals surface area contributed by atoms with Gasteiger partial charge in [-0.1, -0.05) is 65.3 Å². The van der Waals surface area contributed by atoms with E-state index < -0.39 is 0 Å². The van der Waals surface area contributed by atoms with Gasteiger partial charge in [0.15, 0.2) is 0 Å². The molecule has 0 nitrogen and oxygen atoms in total. The Balaban J connectivity index is 3.71. The molecule has 0 N–H and O–H groups in total. The largest absolute Gasteiger partial charge is 0.0880 e. The lowest BCUT2D eigenvalue weighted by Crippen LogP contribution is -1.90. The van der Waals surface area contributed by atoms with Crippen LogP contribution >= 0.6 is 0 Å². The summed E-state index contributed by atoms with van der Waals surface area (Å²) in [5.74, 6) is 2.21. The molecule has 0 aromatic heterocycles. The van der Waals surface area contributed by atoms with Crippen molar-refractivity contribution in [2.75, 3.05) is 0 Å². The molecular weight excluding hydrogens is 192 g/mol. The van der Waals surface area contributed by atoms with Gasteiger partial charge in [0, 0.05) is 0 Å². The summed E-state index contributed by atoms with van der Waals surface area (Å²) >= 11 is 0. The first-order chi connectivity index (χ1) is 7.56. The van der Waals surface area contributed by atoms with Crippen LogP contribution in [0.2, 0.25) is 0 Å². The second kappa shape index (κ2) is 9.69. The fraction of sp³-hybridized carbons (Fsp3) is 0.750. The first-order valence-electron chi connectivity index (χ1n) is 6.89. The SMILES string of the molecule is CCCC(C)/C=C/CC(C)/C=C/CC(C)C. The Morgan fingerprint density at radius 2 is 1.38 bits per heavy atom. The first-order valence-corrected chi connectivity index (χ1v) is 6.89. The lowest BCUT2D eigenvalue weighted by molar-refractivity contribution is 0.627. The maximum atomic E-state index is 2.37. The molecule has 0 saturated carbocycles. The molecule has 0 heterocycles. The Morgan fingerprint density at radius 3 is 1.94 bits per heavy atom. The van der Waals surface area contributed by atoms with Crippen molar-refractivity contribution < 1.29 is 0 Å². The Labute approximate surface area is 103 Å². The Morgan fingerprint density at radius 1 is 0.812 bits per heavy atom. The maximum Gasteiger partial charge on any atom is -0.0227 e. The van der Waals surface area contributed by atoms with Crippen molar-refractivity contribution in [3.05, 3.63) is 24.3 Å². The summed E-state index contributed by atoms with van der Waals surface area (Å²) in [5, 5.41) is 0. The zero-order chi connectivity index (χ0) is 12.4. The molecule has 2 unspecified atom stereocenters. The summed E-state index contributed by atoms with van der Waals surface area (Å²) in [6.07, 6.45) is 14.4. The Bertz CT molecular complexity index is 198. The second-order valence-electron chi connectivity index (χ2n) is 5.46. The number of rotatable bonds is 8. The highest BCUT2D eigenvalue weighted by molar-refractivity contribution is 4.94. The third kappa shape index (κ3) is 10.0. The number of hydrogen-bond donors (Lipinski definition) is 0. The summed E-state index contributed by atoms with van der Waals surface area (Å²) < 4.78 is 0. The minimum absolute atomic E-state index is 0.684. The first kappa shape index (κ1) is 15.5. The molecule has 0 bridgehead atoms. The van der Waals surface area contributed by atoms with E-state index in [1.807, 2.05) is 0 Å². The van der Waals surface area contributed by atoms with Crippen LogP contribution in [-0.2, 0) is 0 Å². The van der Waals surface area contributed by atoms with E-state index in [4.69, 9.17) is 0 Å². The third-order valence-electron chi connectivity index (χ3n) is 2.79. The molecule has 0 aromatic carbocycles. The molecule has 0 aliphatic rings. The molecule has 0 aromatic rings. The summed E-state index contributed by atoms with van der Waals surface area (Å²) in [5.41, 5.74) is 0. The highest BCUT2D eigenvalue weighted by atomic mass is 14.0. The average Bonchev–Trinajstić information content (AvgIpc) is 2.17. The summed E-state index contributed by atoms with van der Waals surface area (Å²) in [6, 6.07) is 0. The average molecular weight is 222 g/mol. The van der Waals surface area contributed by atoms with Crippen molar-refractivity contribution in [1.29, 1.82) is 0 Å². The molecule has 0 radical (unpaired) electrons. The van der Waals surface area contributed by atoms with Gasteiger partial charge in [-0.15, -0.1) is 0 Å². The molecular formula is C16H30. The van der Waals surface area contributed by atoms with Crippen molar-refractivity contribution in [2.24, 2.45) is 17.8 Å². The Kier molecular flexibility index (Phi) is 9.37. The molecule has 0 fully saturated rings. The highest BCUT2D eigenvalue weighted by Gasteiger charge is 1.96. The van der Waals surface area contributed by atoms with Gasteiger partial charge in [-0.05, 0) is 37.0 Å². The van der Waals surface area contributed by atoms with E-state index >= 15 is 0 Å². The van der Waals surface area contributed by atoms with E-state index in [0.717, 1.165) is 11.8 Å². The van der Waals surface area contributed by atoms with E-state index in [1.165, 1.54) is 25.7 Å². The van der Waals surface area contributed by atoms with Crippen molar-refractivity contribution in [2.45, 2.75) is 60.3 Å². The lowest BCUT2D eigenvalue weighted by atomic mass is 10.0. The molecule has 2 atom stereocenters. The molecule has 0 heteroatoms. The van der Waals surface area contributed by atoms with Crippen LogP contribution in [0.15, 0.2) is 24.3 Å². The van der Waals surface area contributed by atoms with Gasteiger partial charge < -0.3 is 0 Å². The van der Waals surface area contributed by atoms with Gasteiger partial charge in [-0.25, -0.2) is 0 Å². The van der Waals surface area contributed by atoms with E-state index in [2.05, 4.69) is 58.9 Å². The fourth-order valence-corrected chi connectivity index (χ4v) is 1.74. The zero-order valence-electron chi connectivity index (χ0n) is 11.9. The van der Waals surface area contributed by atoms with E-state index in [0.29, 0.717) is 5.92 Å². The minimum Gasteiger partial charge on any atom is -0.0880 e. The lowest BCUT2D eigenvalue weighted by Gasteiger charge is -2.05. The highest BCUT2D eigenvalue weighted by Crippen LogP contribution is 2.11. The van der Waals surface area contributed by atoms with Crippen molar-refractivity contribution in [1.82, 2.24) is 0 Å². The van der Waals surface area contributed by atoms with E-state index in [1.54, 1.807) is 0 Å². The van der Waals surface area contributed by atoms with Gasteiger partial charge in [0.05, 0.1) is 0 Å². The Hall–Kier alpha value is -0.520. The molecule has 0 amide bonds. The van der Waals surface area contributed by atoms with Gasteiger partial charge in [0.1, 0.15) is 0 Å². The van der Waals surface area contributed by atoms with Gasteiger partial charge in [-0.2, -0.15) is 0 Å². The van der Waals surface area contributed by atoms with Crippen LogP contribution in [-0.4, -0.2) is 0 Å². The fourth-order valence-electron chi connectivity index (χ4n) is 1.74. The second-order valence-corrected chi connectivity index (χ2v) is 5.46. The van der Waals surface area contributed by atoms with Crippen LogP contribution in [0.4, 0.5) is 0 Å². The van der Waals surface area contributed by atoms with Crippen molar-refractivity contribution in [3.63, 3.8) is 0 Å². The molecule has 0 saturated heterocycles. The number of hydrogen-bond acceptors (Lipinski definition) is 0. The van der Waals surface area contributed by atoms with Crippen LogP contribution in [0.5, 0.6) is 0 Å². The minimum atomic E-state index is 0.684. The molecule has 0 aliphatic carbocycles. The predicted molar refractivity (Wildman–Crippen MR) is 75.6 cm³/mol. The molecule has 16 heavy (non-hydrogen) atoms. The van der Waals surface area contributed by atoms with Crippen LogP contribution in [0, 0.1) is 17.8 Å². The van der Waals surface area contributed by atoms with Crippen LogP contribution in [0.25, 0.3) is 0 Å². The summed E-state index contributed by atoms with van der Waals surface area (Å²) in [7, 11) is 0. The van der Waals surface area contributed by atoms with Gasteiger partial charge in [0.2, 0.25) is 0 Å². The van der Waals surface area contributed by atoms with Crippen LogP contribution in [0.1, 0.15) is 60.3 Å². The smallest absolute Gasteiger partial charge is 0.0227 e. The topological polar surface area (TPSA) is 0 Å². The van der Waals surface area contributed by atoms with Gasteiger partial charge >= 0.3 is 0 Å². The third-order valence-corrected chi connectivity index (χ3v) is 2.79. The van der Waals surface area contributed by atoms with Crippen molar-refractivity contribution >= 4 is 0 Å².